The van der Waals surface area contributed by atoms with Crippen molar-refractivity contribution in [1.82, 2.24) is 0 Å². The molecule has 0 amide bonds. The topological polar surface area (TPSA) is 71.4 Å². The molecular weight excluding hydrogens is 480 g/mol. The largest absolute Gasteiger partial charge is 0.377 e. The van der Waals surface area contributed by atoms with Gasteiger partial charge in [0.25, 0.3) is 0 Å². The number of terminal acetylenes is 1. The third kappa shape index (κ3) is 7.06. The number of carbonyl (C=O) groups is 3. The summed E-state index contributed by atoms with van der Waals surface area (Å²) in [5, 5.41) is 10.9. The molecule has 4 nitrogen and oxygen atoms in total. The van der Waals surface area contributed by atoms with Gasteiger partial charge in [-0.1, -0.05) is 63.3 Å². The molecule has 6 heteroatoms. The van der Waals surface area contributed by atoms with E-state index < -0.39 is 21.7 Å². The van der Waals surface area contributed by atoms with Crippen LogP contribution in [-0.2, 0) is 14.4 Å². The lowest BCUT2D eigenvalue weighted by Gasteiger charge is -2.39. The molecule has 0 aromatic heterocycles. The van der Waals surface area contributed by atoms with E-state index in [1.165, 1.54) is 0 Å². The number of carbonyl (C=O) groups excluding carboxylic acids is 3. The Morgan fingerprint density at radius 1 is 0.778 bits per heavy atom. The molecule has 196 valence electrons. The van der Waals surface area contributed by atoms with E-state index in [2.05, 4.69) is 63.2 Å². The van der Waals surface area contributed by atoms with E-state index in [4.69, 9.17) is 6.42 Å². The lowest BCUT2D eigenvalue weighted by Crippen LogP contribution is -2.43. The van der Waals surface area contributed by atoms with Crippen molar-refractivity contribution in [2.45, 2.75) is 110 Å². The summed E-state index contributed by atoms with van der Waals surface area (Å²) >= 11 is 0. The number of hydrogen-bond acceptors (Lipinski definition) is 4. The summed E-state index contributed by atoms with van der Waals surface area (Å²) in [6, 6.07) is 0. The molecule has 3 atom stereocenters. The van der Waals surface area contributed by atoms with Crippen molar-refractivity contribution in [1.29, 1.82) is 0 Å². The zero-order chi connectivity index (χ0) is 27.6. The molecule has 0 spiro atoms. The summed E-state index contributed by atoms with van der Waals surface area (Å²) in [6.45, 7) is 17.0. The molecule has 2 saturated carbocycles. The van der Waals surface area contributed by atoms with Gasteiger partial charge in [0.2, 0.25) is 0 Å². The zero-order valence-corrected chi connectivity index (χ0v) is 25.6. The number of fused-ring (bicyclic) bond motifs is 2. The summed E-state index contributed by atoms with van der Waals surface area (Å²) in [5.41, 5.74) is 6.71. The summed E-state index contributed by atoms with van der Waals surface area (Å²) in [4.78, 5) is 34.0. The molecule has 36 heavy (non-hydrogen) atoms. The molecule has 0 unspecified atom stereocenters. The van der Waals surface area contributed by atoms with Crippen LogP contribution in [0.25, 0.3) is 0 Å². The van der Waals surface area contributed by atoms with Gasteiger partial charge in [-0.3, -0.25) is 14.4 Å². The molecule has 0 heterocycles. The number of Topliss-reactive ketones (excluding diaryl/α,β-unsaturated/α-hetero) is 1. The molecule has 0 radical (unpaired) electrons. The fourth-order valence-corrected chi connectivity index (χ4v) is 5.59. The van der Waals surface area contributed by atoms with E-state index in [0.717, 1.165) is 36.8 Å². The van der Waals surface area contributed by atoms with Crippen molar-refractivity contribution >= 4 is 33.5 Å². The molecule has 4 aliphatic carbocycles. The fraction of sp³-hybridized carbons (Fsp3) is 0.633. The first-order valence-corrected chi connectivity index (χ1v) is 20.1. The van der Waals surface area contributed by atoms with E-state index >= 15 is 0 Å². The molecule has 0 saturated heterocycles. The number of ketones is 3. The molecule has 0 aliphatic heterocycles. The minimum Gasteiger partial charge on any atom is -0.377 e. The van der Waals surface area contributed by atoms with Crippen LogP contribution in [0.1, 0.15) is 65.2 Å². The van der Waals surface area contributed by atoms with Gasteiger partial charge < -0.3 is 5.11 Å². The van der Waals surface area contributed by atoms with Crippen LogP contribution in [0.5, 0.6) is 0 Å². The van der Waals surface area contributed by atoms with Crippen LogP contribution in [0, 0.1) is 34.3 Å². The third-order valence-corrected chi connectivity index (χ3v) is 9.55. The van der Waals surface area contributed by atoms with Gasteiger partial charge in [0, 0.05) is 30.1 Å². The second-order valence-electron chi connectivity index (χ2n) is 13.1. The van der Waals surface area contributed by atoms with Crippen molar-refractivity contribution in [2.75, 3.05) is 0 Å². The van der Waals surface area contributed by atoms with Gasteiger partial charge >= 0.3 is 0 Å². The summed E-state index contributed by atoms with van der Waals surface area (Å²) < 4.78 is 0. The van der Waals surface area contributed by atoms with E-state index in [1.807, 2.05) is 6.92 Å². The van der Waals surface area contributed by atoms with Crippen LogP contribution < -0.4 is 0 Å². The monoisotopic (exact) mass is 524 g/mol. The van der Waals surface area contributed by atoms with Crippen molar-refractivity contribution in [3.05, 3.63) is 23.3 Å². The molecule has 1 N–H and O–H groups in total. The number of hydrogen-bond donors (Lipinski definition) is 1. The second-order valence-corrected chi connectivity index (χ2v) is 22.7. The average Bonchev–Trinajstić information content (AvgIpc) is 3.21. The molecular formula is C30H44O4Si2. The molecule has 2 fully saturated rings. The van der Waals surface area contributed by atoms with Crippen molar-refractivity contribution in [3.63, 3.8) is 0 Å². The Morgan fingerprint density at radius 2 is 1.31 bits per heavy atom. The van der Waals surface area contributed by atoms with Crippen molar-refractivity contribution in [2.24, 2.45) is 10.8 Å². The molecule has 0 aromatic carbocycles. The highest BCUT2D eigenvalue weighted by Crippen LogP contribution is 2.54. The van der Waals surface area contributed by atoms with Crippen LogP contribution in [-0.4, -0.2) is 44.2 Å². The van der Waals surface area contributed by atoms with Gasteiger partial charge in [0.15, 0.2) is 11.6 Å². The normalized spacial score (nSPS) is 31.2. The molecule has 0 aromatic rings. The Hall–Kier alpha value is -2.00. The maximum Gasteiger partial charge on any atom is 0.155 e. The lowest BCUT2D eigenvalue weighted by atomic mass is 9.68. The Kier molecular flexibility index (Phi) is 9.05. The summed E-state index contributed by atoms with van der Waals surface area (Å²) in [6.07, 6.45) is 14.0. The average molecular weight is 525 g/mol. The minimum atomic E-state index is -1.48. The highest BCUT2D eigenvalue weighted by molar-refractivity contribution is 6.84. The van der Waals surface area contributed by atoms with Gasteiger partial charge in [0.05, 0.1) is 0 Å². The first-order valence-electron chi connectivity index (χ1n) is 13.1. The first-order chi connectivity index (χ1) is 16.4. The first kappa shape index (κ1) is 30.2. The molecule has 4 rings (SSSR count). The minimum absolute atomic E-state index is 0.192. The summed E-state index contributed by atoms with van der Waals surface area (Å²) in [5.74, 6) is 3.88. The van der Waals surface area contributed by atoms with Crippen LogP contribution in [0.3, 0.4) is 0 Å². The Bertz CT molecular complexity index is 1080. The van der Waals surface area contributed by atoms with Crippen molar-refractivity contribution in [3.8, 4) is 23.4 Å². The Morgan fingerprint density at radius 3 is 1.83 bits per heavy atom. The van der Waals surface area contributed by atoms with Crippen LogP contribution >= 0.6 is 0 Å². The Balaban J connectivity index is 0.000000218. The number of allylic oxidation sites excluding steroid dienone is 3. The van der Waals surface area contributed by atoms with Crippen molar-refractivity contribution < 1.29 is 19.5 Å². The number of rotatable bonds is 0. The van der Waals surface area contributed by atoms with E-state index in [9.17, 15) is 19.5 Å². The Labute approximate surface area is 220 Å². The quantitative estimate of drug-likeness (QED) is 0.320. The van der Waals surface area contributed by atoms with E-state index in [1.54, 1.807) is 12.2 Å². The van der Waals surface area contributed by atoms with Gasteiger partial charge in [0.1, 0.15) is 27.5 Å². The van der Waals surface area contributed by atoms with Crippen LogP contribution in [0.4, 0.5) is 0 Å². The molecule has 4 aliphatic rings. The van der Waals surface area contributed by atoms with Gasteiger partial charge in [-0.25, -0.2) is 0 Å². The molecule has 0 bridgehead atoms. The maximum absolute atomic E-state index is 11.5. The maximum atomic E-state index is 11.5. The van der Waals surface area contributed by atoms with E-state index in [0.29, 0.717) is 31.5 Å². The third-order valence-electron chi connectivity index (χ3n) is 7.81. The van der Waals surface area contributed by atoms with Gasteiger partial charge in [-0.15, -0.1) is 17.5 Å². The second kappa shape index (κ2) is 10.8. The fourth-order valence-electron chi connectivity index (χ4n) is 5.01. The standard InChI is InChI=1S/C15H22O2Si.C10H12O2.C5H10Si/c1-14-7-6-13(16)11-12(14)5-8-15(14,17)9-10-18(2,3)4;1-10-5-4-8(11)6-7(10)2-3-9(10)12;1-5-6(2,3)4/h11,17H,5-8H2,1-4H3;6H,2-5H2,1H3;1H,2-4H3/t14-,15+;10-;/m00./s1. The highest BCUT2D eigenvalue weighted by atomic mass is 28.3. The highest BCUT2D eigenvalue weighted by Gasteiger charge is 2.54. The van der Waals surface area contributed by atoms with Gasteiger partial charge in [-0.2, -0.15) is 0 Å². The smallest absolute Gasteiger partial charge is 0.155 e. The lowest BCUT2D eigenvalue weighted by molar-refractivity contribution is -0.125. The zero-order valence-electron chi connectivity index (χ0n) is 23.6. The summed E-state index contributed by atoms with van der Waals surface area (Å²) in [7, 11) is -2.59. The number of aliphatic hydroxyl groups is 1. The van der Waals surface area contributed by atoms with Gasteiger partial charge in [-0.05, 0) is 51.2 Å². The predicted molar refractivity (Wildman–Crippen MR) is 153 cm³/mol. The van der Waals surface area contributed by atoms with Crippen LogP contribution in [0.15, 0.2) is 23.3 Å². The SMILES string of the molecule is C#C[Si](C)(C)C.C[C@]12CCC(=O)C=C1CCC2=O.C[C@]12CCC(=O)C=C1CC[C@@]2(O)C#C[Si](C)(C)C. The van der Waals surface area contributed by atoms with E-state index in [-0.39, 0.29) is 22.4 Å². The predicted octanol–water partition coefficient (Wildman–Crippen LogP) is 5.83. The van der Waals surface area contributed by atoms with Crippen LogP contribution in [0.2, 0.25) is 39.3 Å².